The summed E-state index contributed by atoms with van der Waals surface area (Å²) in [6.45, 7) is 2.74. The maximum atomic E-state index is 13.1. The van der Waals surface area contributed by atoms with Crippen LogP contribution in [0.4, 0.5) is 4.39 Å². The highest BCUT2D eigenvalue weighted by molar-refractivity contribution is 5.80. The maximum Gasteiger partial charge on any atom is 0.278 e. The normalized spacial score (nSPS) is 35.4. The predicted molar refractivity (Wildman–Crippen MR) is 95.5 cm³/mol. The van der Waals surface area contributed by atoms with Crippen molar-refractivity contribution in [3.05, 3.63) is 35.6 Å². The minimum Gasteiger partial charge on any atom is -0.345 e. The number of carbonyl (C=O) groups excluding carboxylic acids is 1. The van der Waals surface area contributed by atoms with E-state index in [9.17, 15) is 9.18 Å². The number of hydrogen-bond donors (Lipinski definition) is 2. The zero-order chi connectivity index (χ0) is 17.6. The lowest BCUT2D eigenvalue weighted by Gasteiger charge is -2.57. The molecule has 5 rings (SSSR count). The lowest BCUT2D eigenvalue weighted by Crippen LogP contribution is -3.12. The second-order valence-corrected chi connectivity index (χ2v) is 9.06. The van der Waals surface area contributed by atoms with Crippen LogP contribution in [0.1, 0.15) is 51.0 Å². The van der Waals surface area contributed by atoms with E-state index in [1.54, 1.807) is 0 Å². The van der Waals surface area contributed by atoms with E-state index in [2.05, 4.69) is 5.32 Å². The van der Waals surface area contributed by atoms with Crippen LogP contribution in [-0.4, -0.2) is 24.5 Å². The van der Waals surface area contributed by atoms with Crippen molar-refractivity contribution in [1.29, 1.82) is 0 Å². The Labute approximate surface area is 150 Å². The SMILES string of the molecule is C[C@@H](C(=O)NC12CC3CC(CC(C3)C1)C2)[NH+](C)Cc1ccc(F)cc1. The number of nitrogens with one attached hydrogen (secondary N) is 2. The van der Waals surface area contributed by atoms with Gasteiger partial charge in [0.2, 0.25) is 0 Å². The monoisotopic (exact) mass is 345 g/mol. The average molecular weight is 345 g/mol. The van der Waals surface area contributed by atoms with Crippen molar-refractivity contribution in [3.63, 3.8) is 0 Å². The maximum absolute atomic E-state index is 13.1. The molecule has 0 saturated heterocycles. The zero-order valence-corrected chi connectivity index (χ0v) is 15.4. The summed E-state index contributed by atoms with van der Waals surface area (Å²) in [6.07, 6.45) is 7.73. The van der Waals surface area contributed by atoms with Crippen LogP contribution in [0.3, 0.4) is 0 Å². The molecule has 0 heterocycles. The molecular formula is C21H30FN2O+. The third-order valence-electron chi connectivity index (χ3n) is 6.96. The van der Waals surface area contributed by atoms with Crippen LogP contribution in [0.2, 0.25) is 0 Å². The summed E-state index contributed by atoms with van der Waals surface area (Å²) < 4.78 is 13.1. The number of carbonyl (C=O) groups is 1. The van der Waals surface area contributed by atoms with E-state index in [0.29, 0.717) is 0 Å². The minimum absolute atomic E-state index is 0.0796. The second-order valence-electron chi connectivity index (χ2n) is 9.06. The lowest BCUT2D eigenvalue weighted by molar-refractivity contribution is -0.908. The minimum atomic E-state index is -0.214. The van der Waals surface area contributed by atoms with Crippen molar-refractivity contribution in [2.24, 2.45) is 17.8 Å². The standard InChI is InChI=1S/C21H29FN2O/c1-14(24(2)13-15-3-5-19(22)6-4-15)20(25)23-21-10-16-7-17(11-21)9-18(8-16)12-21/h3-6,14,16-18H,7-13H2,1-2H3,(H,23,25)/p+1/t14-,16?,17?,18?,21?/m0/s1. The van der Waals surface area contributed by atoms with Gasteiger partial charge >= 0.3 is 0 Å². The first-order valence-electron chi connectivity index (χ1n) is 9.81. The molecule has 0 radical (unpaired) electrons. The Hall–Kier alpha value is -1.42. The largest absolute Gasteiger partial charge is 0.345 e. The van der Waals surface area contributed by atoms with E-state index >= 15 is 0 Å². The summed E-state index contributed by atoms with van der Waals surface area (Å²) >= 11 is 0. The topological polar surface area (TPSA) is 33.5 Å². The molecule has 2 atom stereocenters. The van der Waals surface area contributed by atoms with Crippen LogP contribution >= 0.6 is 0 Å². The van der Waals surface area contributed by atoms with E-state index in [4.69, 9.17) is 0 Å². The lowest BCUT2D eigenvalue weighted by atomic mass is 9.53. The molecule has 136 valence electrons. The highest BCUT2D eigenvalue weighted by Gasteiger charge is 2.52. The number of likely N-dealkylation sites (N-methyl/N-ethyl adjacent to an activating group) is 1. The quantitative estimate of drug-likeness (QED) is 0.844. The molecule has 4 fully saturated rings. The third kappa shape index (κ3) is 3.46. The summed E-state index contributed by atoms with van der Waals surface area (Å²) in [6, 6.07) is 6.49. The van der Waals surface area contributed by atoms with E-state index in [1.165, 1.54) is 50.7 Å². The van der Waals surface area contributed by atoms with E-state index in [-0.39, 0.29) is 23.3 Å². The van der Waals surface area contributed by atoms with Gasteiger partial charge in [-0.25, -0.2) is 4.39 Å². The van der Waals surface area contributed by atoms with Gasteiger partial charge in [-0.2, -0.15) is 0 Å². The molecule has 0 spiro atoms. The van der Waals surface area contributed by atoms with Gasteiger partial charge in [0, 0.05) is 11.1 Å². The van der Waals surface area contributed by atoms with Gasteiger partial charge in [-0.3, -0.25) is 4.79 Å². The highest BCUT2D eigenvalue weighted by atomic mass is 19.1. The summed E-state index contributed by atoms with van der Waals surface area (Å²) in [5.41, 5.74) is 1.14. The molecule has 4 aliphatic carbocycles. The molecule has 4 aliphatic rings. The first kappa shape index (κ1) is 17.0. The first-order valence-corrected chi connectivity index (χ1v) is 9.81. The molecule has 2 N–H and O–H groups in total. The van der Waals surface area contributed by atoms with Crippen LogP contribution in [0.25, 0.3) is 0 Å². The first-order chi connectivity index (χ1) is 11.9. The number of quaternary nitrogens is 1. The second kappa shape index (κ2) is 6.39. The summed E-state index contributed by atoms with van der Waals surface area (Å²) in [7, 11) is 2.05. The molecular weight excluding hydrogens is 315 g/mol. The van der Waals surface area contributed by atoms with Crippen molar-refractivity contribution < 1.29 is 14.1 Å². The molecule has 4 heteroatoms. The molecule has 1 aromatic rings. The van der Waals surface area contributed by atoms with Gasteiger partial charge in [-0.15, -0.1) is 0 Å². The fraction of sp³-hybridized carbons (Fsp3) is 0.667. The Kier molecular flexibility index (Phi) is 4.35. The van der Waals surface area contributed by atoms with Crippen LogP contribution in [0, 0.1) is 23.6 Å². The van der Waals surface area contributed by atoms with Gasteiger partial charge < -0.3 is 10.2 Å². The van der Waals surface area contributed by atoms with Gasteiger partial charge in [0.05, 0.1) is 7.05 Å². The summed E-state index contributed by atoms with van der Waals surface area (Å²) in [5, 5.41) is 3.48. The predicted octanol–water partition coefficient (Wildman–Crippen LogP) is 2.31. The Morgan fingerprint density at radius 3 is 2.20 bits per heavy atom. The molecule has 0 aliphatic heterocycles. The van der Waals surface area contributed by atoms with Gasteiger partial charge in [-0.1, -0.05) is 12.1 Å². The number of benzene rings is 1. The van der Waals surface area contributed by atoms with E-state index in [1.807, 2.05) is 26.1 Å². The average Bonchev–Trinajstić information content (AvgIpc) is 2.54. The van der Waals surface area contributed by atoms with E-state index in [0.717, 1.165) is 34.8 Å². The van der Waals surface area contributed by atoms with Crippen LogP contribution in [0.15, 0.2) is 24.3 Å². The van der Waals surface area contributed by atoms with Gasteiger partial charge in [-0.05, 0) is 75.3 Å². The smallest absolute Gasteiger partial charge is 0.278 e. The van der Waals surface area contributed by atoms with Crippen LogP contribution < -0.4 is 10.2 Å². The van der Waals surface area contributed by atoms with Crippen molar-refractivity contribution in [2.45, 2.75) is 63.6 Å². The molecule has 4 bridgehead atoms. The molecule has 25 heavy (non-hydrogen) atoms. The number of hydrogen-bond acceptors (Lipinski definition) is 1. The highest BCUT2D eigenvalue weighted by Crippen LogP contribution is 2.55. The molecule has 3 nitrogen and oxygen atoms in total. The van der Waals surface area contributed by atoms with Crippen molar-refractivity contribution >= 4 is 5.91 Å². The number of halogens is 1. The Morgan fingerprint density at radius 2 is 1.68 bits per heavy atom. The molecule has 1 aromatic carbocycles. The van der Waals surface area contributed by atoms with Gasteiger partial charge in [0.1, 0.15) is 12.4 Å². The van der Waals surface area contributed by atoms with Crippen molar-refractivity contribution in [1.82, 2.24) is 5.32 Å². The van der Waals surface area contributed by atoms with Crippen LogP contribution in [0.5, 0.6) is 0 Å². The summed E-state index contributed by atoms with van der Waals surface area (Å²) in [5.74, 6) is 2.49. The third-order valence-corrected chi connectivity index (χ3v) is 6.96. The molecule has 1 amide bonds. The molecule has 4 saturated carbocycles. The summed E-state index contributed by atoms with van der Waals surface area (Å²) in [4.78, 5) is 14.1. The Morgan fingerprint density at radius 1 is 1.16 bits per heavy atom. The van der Waals surface area contributed by atoms with Gasteiger partial charge in [0.25, 0.3) is 5.91 Å². The van der Waals surface area contributed by atoms with Gasteiger partial charge in [0.15, 0.2) is 6.04 Å². The molecule has 1 unspecified atom stereocenters. The number of amides is 1. The van der Waals surface area contributed by atoms with Crippen molar-refractivity contribution in [3.8, 4) is 0 Å². The zero-order valence-electron chi connectivity index (χ0n) is 15.4. The fourth-order valence-electron chi connectivity index (χ4n) is 5.93. The van der Waals surface area contributed by atoms with E-state index < -0.39 is 0 Å². The fourth-order valence-corrected chi connectivity index (χ4v) is 5.93. The van der Waals surface area contributed by atoms with Crippen molar-refractivity contribution in [2.75, 3.05) is 7.05 Å². The Balaban J connectivity index is 1.38. The van der Waals surface area contributed by atoms with Crippen LogP contribution in [-0.2, 0) is 11.3 Å². The molecule has 0 aromatic heterocycles. The number of rotatable bonds is 5. The Bertz CT molecular complexity index is 607.